The zero-order valence-corrected chi connectivity index (χ0v) is 24.0. The second kappa shape index (κ2) is 13.4. The van der Waals surface area contributed by atoms with Crippen molar-refractivity contribution >= 4 is 73.0 Å². The monoisotopic (exact) mass is 648 g/mol. The van der Waals surface area contributed by atoms with Crippen molar-refractivity contribution < 1.29 is 14.4 Å². The van der Waals surface area contributed by atoms with Gasteiger partial charge in [0.25, 0.3) is 11.8 Å². The molecule has 0 aliphatic heterocycles. The number of halogens is 2. The van der Waals surface area contributed by atoms with Crippen LogP contribution in [0, 0.1) is 0 Å². The van der Waals surface area contributed by atoms with Crippen LogP contribution in [0.1, 0.15) is 26.3 Å². The SMILES string of the molecule is O=C(Nc1cccc(SCC(=O)c2ccc(Br)cc2)c1)/C(=C/c1cccc(Br)c1)NC(=O)c1ccccc1. The fraction of sp³-hybridized carbons (Fsp3) is 0.0333. The Bertz CT molecular complexity index is 1490. The van der Waals surface area contributed by atoms with Crippen LogP contribution < -0.4 is 10.6 Å². The van der Waals surface area contributed by atoms with Crippen molar-refractivity contribution in [2.45, 2.75) is 4.90 Å². The summed E-state index contributed by atoms with van der Waals surface area (Å²) in [5, 5.41) is 5.60. The maximum Gasteiger partial charge on any atom is 0.272 e. The molecule has 2 N–H and O–H groups in total. The molecule has 0 radical (unpaired) electrons. The Balaban J connectivity index is 1.49. The third-order valence-corrected chi connectivity index (χ3v) is 7.33. The van der Waals surface area contributed by atoms with Crippen LogP contribution in [0.2, 0.25) is 0 Å². The summed E-state index contributed by atoms with van der Waals surface area (Å²) >= 11 is 8.20. The zero-order valence-electron chi connectivity index (χ0n) is 20.0. The fourth-order valence-corrected chi connectivity index (χ4v) is 4.97. The van der Waals surface area contributed by atoms with Crippen molar-refractivity contribution in [1.29, 1.82) is 0 Å². The van der Waals surface area contributed by atoms with Gasteiger partial charge in [-0.1, -0.05) is 80.4 Å². The number of amides is 2. The minimum absolute atomic E-state index is 0.0137. The van der Waals surface area contributed by atoms with Crippen molar-refractivity contribution in [2.75, 3.05) is 11.1 Å². The predicted molar refractivity (Wildman–Crippen MR) is 160 cm³/mol. The maximum atomic E-state index is 13.3. The van der Waals surface area contributed by atoms with Crippen molar-refractivity contribution in [3.05, 3.63) is 134 Å². The molecule has 0 aliphatic carbocycles. The van der Waals surface area contributed by atoms with Gasteiger partial charge in [0.15, 0.2) is 5.78 Å². The summed E-state index contributed by atoms with van der Waals surface area (Å²) in [5.74, 6) is -0.583. The molecule has 4 rings (SSSR count). The number of Topliss-reactive ketones (excluding diaryl/α,β-unsaturated/α-hetero) is 1. The first kappa shape index (κ1) is 27.6. The van der Waals surface area contributed by atoms with Gasteiger partial charge in [-0.05, 0) is 66.2 Å². The largest absolute Gasteiger partial charge is 0.321 e. The quantitative estimate of drug-likeness (QED) is 0.111. The van der Waals surface area contributed by atoms with Gasteiger partial charge in [0.1, 0.15) is 5.70 Å². The van der Waals surface area contributed by atoms with E-state index in [-0.39, 0.29) is 17.2 Å². The van der Waals surface area contributed by atoms with Crippen molar-refractivity contribution in [1.82, 2.24) is 5.32 Å². The van der Waals surface area contributed by atoms with Crippen LogP contribution in [0.25, 0.3) is 6.08 Å². The van der Waals surface area contributed by atoms with Crippen LogP contribution in [0.15, 0.2) is 123 Å². The Morgan fingerprint density at radius 2 is 1.47 bits per heavy atom. The molecule has 4 aromatic rings. The number of ketones is 1. The molecule has 0 bridgehead atoms. The van der Waals surface area contributed by atoms with E-state index < -0.39 is 11.8 Å². The highest BCUT2D eigenvalue weighted by molar-refractivity contribution is 9.10. The second-order valence-electron chi connectivity index (χ2n) is 8.13. The Morgan fingerprint density at radius 1 is 0.737 bits per heavy atom. The van der Waals surface area contributed by atoms with Crippen molar-refractivity contribution in [3.8, 4) is 0 Å². The highest BCUT2D eigenvalue weighted by Gasteiger charge is 2.16. The molecule has 0 heterocycles. The first-order valence-corrected chi connectivity index (χ1v) is 14.1. The lowest BCUT2D eigenvalue weighted by atomic mass is 10.1. The number of anilines is 1. The minimum atomic E-state index is -0.470. The molecule has 0 spiro atoms. The number of hydrogen-bond donors (Lipinski definition) is 2. The Hall–Kier alpha value is -3.46. The second-order valence-corrected chi connectivity index (χ2v) is 11.0. The van der Waals surface area contributed by atoms with Crippen LogP contribution in [0.5, 0.6) is 0 Å². The summed E-state index contributed by atoms with van der Waals surface area (Å²) < 4.78 is 1.77. The average Bonchev–Trinajstić information content (AvgIpc) is 2.92. The smallest absolute Gasteiger partial charge is 0.272 e. The molecule has 38 heavy (non-hydrogen) atoms. The lowest BCUT2D eigenvalue weighted by molar-refractivity contribution is -0.113. The molecule has 0 unspecified atom stereocenters. The van der Waals surface area contributed by atoms with E-state index >= 15 is 0 Å². The van der Waals surface area contributed by atoms with Gasteiger partial charge in [0.2, 0.25) is 0 Å². The van der Waals surface area contributed by atoms with E-state index in [1.807, 2.05) is 54.6 Å². The van der Waals surface area contributed by atoms with E-state index in [0.717, 1.165) is 19.4 Å². The molecule has 8 heteroatoms. The zero-order chi connectivity index (χ0) is 26.9. The molecule has 2 amide bonds. The molecule has 0 saturated carbocycles. The number of carbonyl (C=O) groups is 3. The lowest BCUT2D eigenvalue weighted by Crippen LogP contribution is -2.30. The Labute approximate surface area is 242 Å². The molecule has 0 atom stereocenters. The molecule has 0 fully saturated rings. The van der Waals surface area contributed by atoms with Crippen molar-refractivity contribution in [2.24, 2.45) is 0 Å². The van der Waals surface area contributed by atoms with Gasteiger partial charge in [-0.3, -0.25) is 14.4 Å². The third kappa shape index (κ3) is 8.02. The number of nitrogens with one attached hydrogen (secondary N) is 2. The van der Waals surface area contributed by atoms with Gasteiger partial charge in [-0.25, -0.2) is 0 Å². The van der Waals surface area contributed by atoms with E-state index in [0.29, 0.717) is 16.8 Å². The van der Waals surface area contributed by atoms with Crippen LogP contribution in [0.4, 0.5) is 5.69 Å². The van der Waals surface area contributed by atoms with Gasteiger partial charge in [-0.2, -0.15) is 0 Å². The molecule has 0 aromatic heterocycles. The maximum absolute atomic E-state index is 13.3. The molecular formula is C30H22Br2N2O3S. The fourth-order valence-electron chi connectivity index (χ4n) is 3.44. The summed E-state index contributed by atoms with van der Waals surface area (Å²) in [6, 6.07) is 30.6. The normalized spacial score (nSPS) is 11.1. The number of thioether (sulfide) groups is 1. The average molecular weight is 650 g/mol. The Morgan fingerprint density at radius 3 is 2.21 bits per heavy atom. The van der Waals surface area contributed by atoms with Gasteiger partial charge >= 0.3 is 0 Å². The van der Waals surface area contributed by atoms with Gasteiger partial charge in [0, 0.05) is 30.7 Å². The van der Waals surface area contributed by atoms with E-state index in [2.05, 4.69) is 42.5 Å². The number of hydrogen-bond acceptors (Lipinski definition) is 4. The highest BCUT2D eigenvalue weighted by Crippen LogP contribution is 2.24. The Kier molecular flexibility index (Phi) is 9.70. The summed E-state index contributed by atoms with van der Waals surface area (Å²) in [6.07, 6.45) is 1.62. The molecule has 4 aromatic carbocycles. The molecule has 0 saturated heterocycles. The number of benzene rings is 4. The summed E-state index contributed by atoms with van der Waals surface area (Å²) in [4.78, 5) is 39.5. The molecular weight excluding hydrogens is 628 g/mol. The summed E-state index contributed by atoms with van der Waals surface area (Å²) in [7, 11) is 0. The van der Waals surface area contributed by atoms with Gasteiger partial charge in [-0.15, -0.1) is 11.8 Å². The minimum Gasteiger partial charge on any atom is -0.321 e. The number of carbonyl (C=O) groups excluding carboxylic acids is 3. The predicted octanol–water partition coefficient (Wildman–Crippen LogP) is 7.60. The first-order chi connectivity index (χ1) is 18.4. The van der Waals surface area contributed by atoms with E-state index in [9.17, 15) is 14.4 Å². The van der Waals surface area contributed by atoms with Crippen LogP contribution >= 0.6 is 43.6 Å². The van der Waals surface area contributed by atoms with E-state index in [1.165, 1.54) is 11.8 Å². The van der Waals surface area contributed by atoms with Crippen LogP contribution in [-0.2, 0) is 4.79 Å². The first-order valence-electron chi connectivity index (χ1n) is 11.5. The van der Waals surface area contributed by atoms with Crippen LogP contribution in [0.3, 0.4) is 0 Å². The molecule has 0 aliphatic rings. The summed E-state index contributed by atoms with van der Waals surface area (Å²) in [5.41, 5.74) is 2.47. The molecule has 5 nitrogen and oxygen atoms in total. The van der Waals surface area contributed by atoms with E-state index in [4.69, 9.17) is 0 Å². The van der Waals surface area contributed by atoms with E-state index in [1.54, 1.807) is 54.6 Å². The third-order valence-electron chi connectivity index (χ3n) is 5.32. The lowest BCUT2D eigenvalue weighted by Gasteiger charge is -2.12. The topological polar surface area (TPSA) is 75.3 Å². The number of rotatable bonds is 9. The molecule has 190 valence electrons. The standard InChI is InChI=1S/C30H22Br2N2O3S/c31-23-14-12-21(13-15-23)28(35)19-38-26-11-5-10-25(18-26)33-30(37)27(17-20-6-4-9-24(32)16-20)34-29(36)22-7-2-1-3-8-22/h1-18H,19H2,(H,33,37)(H,34,36)/b27-17-. The summed E-state index contributed by atoms with van der Waals surface area (Å²) in [6.45, 7) is 0. The highest BCUT2D eigenvalue weighted by atomic mass is 79.9. The van der Waals surface area contributed by atoms with Gasteiger partial charge < -0.3 is 10.6 Å². The van der Waals surface area contributed by atoms with Crippen LogP contribution in [-0.4, -0.2) is 23.4 Å². The van der Waals surface area contributed by atoms with Gasteiger partial charge in [0.05, 0.1) is 5.75 Å². The van der Waals surface area contributed by atoms with Crippen molar-refractivity contribution in [3.63, 3.8) is 0 Å².